The van der Waals surface area contributed by atoms with E-state index < -0.39 is 5.91 Å². The van der Waals surface area contributed by atoms with Crippen molar-refractivity contribution in [2.24, 2.45) is 11.7 Å². The summed E-state index contributed by atoms with van der Waals surface area (Å²) >= 11 is 1.49. The number of carbonyl (C=O) groups is 2. The maximum atomic E-state index is 12.5. The van der Waals surface area contributed by atoms with E-state index in [1.165, 1.54) is 16.2 Å². The number of anilines is 1. The van der Waals surface area contributed by atoms with Crippen LogP contribution in [0.3, 0.4) is 0 Å². The van der Waals surface area contributed by atoms with Crippen LogP contribution in [0.25, 0.3) is 0 Å². The van der Waals surface area contributed by atoms with Gasteiger partial charge in [-0.05, 0) is 49.8 Å². The van der Waals surface area contributed by atoms with Crippen molar-refractivity contribution < 1.29 is 9.59 Å². The number of hydrogen-bond acceptors (Lipinski definition) is 3. The summed E-state index contributed by atoms with van der Waals surface area (Å²) in [7, 11) is 0. The van der Waals surface area contributed by atoms with Crippen molar-refractivity contribution in [2.75, 3.05) is 5.32 Å². The van der Waals surface area contributed by atoms with E-state index in [1.807, 2.05) is 25.1 Å². The maximum absolute atomic E-state index is 12.5. The molecule has 2 amide bonds. The van der Waals surface area contributed by atoms with Crippen LogP contribution in [-0.4, -0.2) is 11.8 Å². The standard InChI is InChI=1S/C18H20N2O2S/c1-10-4-3-5-12(8-10)17(22)20-18-15(16(19)21)13-7-6-11(2)9-14(13)23-18/h3-5,8,11H,6-7,9H2,1-2H3,(H2,19,21)(H,20,22). The first-order valence-electron chi connectivity index (χ1n) is 7.78. The first-order chi connectivity index (χ1) is 11.0. The van der Waals surface area contributed by atoms with E-state index in [1.54, 1.807) is 6.07 Å². The summed E-state index contributed by atoms with van der Waals surface area (Å²) in [6.45, 7) is 4.15. The van der Waals surface area contributed by atoms with E-state index >= 15 is 0 Å². The molecule has 23 heavy (non-hydrogen) atoms. The minimum absolute atomic E-state index is 0.206. The van der Waals surface area contributed by atoms with Crippen molar-refractivity contribution in [3.63, 3.8) is 0 Å². The van der Waals surface area contributed by atoms with Crippen molar-refractivity contribution >= 4 is 28.2 Å². The molecule has 3 N–H and O–H groups in total. The summed E-state index contributed by atoms with van der Waals surface area (Å²) in [4.78, 5) is 25.5. The lowest BCUT2D eigenvalue weighted by molar-refractivity contribution is 0.1000. The zero-order valence-corrected chi connectivity index (χ0v) is 14.1. The van der Waals surface area contributed by atoms with Gasteiger partial charge in [0.25, 0.3) is 11.8 Å². The number of rotatable bonds is 3. The second kappa shape index (κ2) is 6.16. The lowest BCUT2D eigenvalue weighted by atomic mass is 9.88. The fourth-order valence-electron chi connectivity index (χ4n) is 3.06. The topological polar surface area (TPSA) is 72.2 Å². The molecule has 1 heterocycles. The lowest BCUT2D eigenvalue weighted by Gasteiger charge is -2.18. The van der Waals surface area contributed by atoms with E-state index in [2.05, 4.69) is 12.2 Å². The van der Waals surface area contributed by atoms with E-state index in [4.69, 9.17) is 5.73 Å². The third-order valence-corrected chi connectivity index (χ3v) is 5.44. The Morgan fingerprint density at radius 3 is 2.83 bits per heavy atom. The fourth-order valence-corrected chi connectivity index (χ4v) is 4.47. The molecule has 1 aliphatic rings. The van der Waals surface area contributed by atoms with Crippen LogP contribution in [0.4, 0.5) is 5.00 Å². The van der Waals surface area contributed by atoms with E-state index in [0.717, 1.165) is 30.4 Å². The van der Waals surface area contributed by atoms with Crippen LogP contribution >= 0.6 is 11.3 Å². The lowest BCUT2D eigenvalue weighted by Crippen LogP contribution is -2.19. The Morgan fingerprint density at radius 2 is 2.13 bits per heavy atom. The second-order valence-corrected chi connectivity index (χ2v) is 7.35. The van der Waals surface area contributed by atoms with Crippen LogP contribution in [0, 0.1) is 12.8 Å². The molecule has 1 unspecified atom stereocenters. The SMILES string of the molecule is Cc1cccc(C(=O)Nc2sc3c(c2C(N)=O)CCC(C)C3)c1. The Balaban J connectivity index is 1.94. The molecule has 4 nitrogen and oxygen atoms in total. The first-order valence-corrected chi connectivity index (χ1v) is 8.59. The number of fused-ring (bicyclic) bond motifs is 1. The van der Waals surface area contributed by atoms with Crippen molar-refractivity contribution in [2.45, 2.75) is 33.1 Å². The molecular weight excluding hydrogens is 308 g/mol. The van der Waals surface area contributed by atoms with Crippen molar-refractivity contribution in [3.05, 3.63) is 51.4 Å². The molecule has 5 heteroatoms. The van der Waals surface area contributed by atoms with Crippen LogP contribution in [0.5, 0.6) is 0 Å². The van der Waals surface area contributed by atoms with Gasteiger partial charge in [-0.3, -0.25) is 9.59 Å². The molecule has 0 saturated carbocycles. The van der Waals surface area contributed by atoms with Gasteiger partial charge in [0, 0.05) is 10.4 Å². The molecule has 120 valence electrons. The van der Waals surface area contributed by atoms with Crippen molar-refractivity contribution in [1.29, 1.82) is 0 Å². The van der Waals surface area contributed by atoms with Crippen LogP contribution in [0.1, 0.15) is 50.1 Å². The normalized spacial score (nSPS) is 16.7. The van der Waals surface area contributed by atoms with Crippen LogP contribution in [0.2, 0.25) is 0 Å². The molecular formula is C18H20N2O2S. The van der Waals surface area contributed by atoms with Gasteiger partial charge in [-0.1, -0.05) is 24.6 Å². The molecule has 0 fully saturated rings. The third-order valence-electron chi connectivity index (χ3n) is 4.27. The van der Waals surface area contributed by atoms with Crippen LogP contribution in [-0.2, 0) is 12.8 Å². The molecule has 3 rings (SSSR count). The van der Waals surface area contributed by atoms with Gasteiger partial charge >= 0.3 is 0 Å². The van der Waals surface area contributed by atoms with E-state index in [9.17, 15) is 9.59 Å². The van der Waals surface area contributed by atoms with Gasteiger partial charge < -0.3 is 11.1 Å². The molecule has 0 radical (unpaired) electrons. The summed E-state index contributed by atoms with van der Waals surface area (Å²) in [5.41, 5.74) is 8.70. The van der Waals surface area contributed by atoms with Gasteiger partial charge in [-0.15, -0.1) is 11.3 Å². The van der Waals surface area contributed by atoms with Gasteiger partial charge in [-0.25, -0.2) is 0 Å². The van der Waals surface area contributed by atoms with E-state index in [-0.39, 0.29) is 5.91 Å². The van der Waals surface area contributed by atoms with Crippen LogP contribution in [0.15, 0.2) is 24.3 Å². The third kappa shape index (κ3) is 3.15. The average Bonchev–Trinajstić information content (AvgIpc) is 2.84. The number of benzene rings is 1. The van der Waals surface area contributed by atoms with Gasteiger partial charge in [-0.2, -0.15) is 0 Å². The summed E-state index contributed by atoms with van der Waals surface area (Å²) in [5, 5.41) is 3.47. The minimum Gasteiger partial charge on any atom is -0.365 e. The van der Waals surface area contributed by atoms with Gasteiger partial charge in [0.1, 0.15) is 5.00 Å². The quantitative estimate of drug-likeness (QED) is 0.904. The Labute approximate surface area is 139 Å². The highest BCUT2D eigenvalue weighted by molar-refractivity contribution is 7.17. The van der Waals surface area contributed by atoms with Crippen molar-refractivity contribution in [3.8, 4) is 0 Å². The van der Waals surface area contributed by atoms with Gasteiger partial charge in [0.05, 0.1) is 5.56 Å². The Morgan fingerprint density at radius 1 is 1.35 bits per heavy atom. The molecule has 0 aliphatic heterocycles. The van der Waals surface area contributed by atoms with E-state index in [0.29, 0.717) is 22.0 Å². The minimum atomic E-state index is -0.461. The van der Waals surface area contributed by atoms with Crippen molar-refractivity contribution in [1.82, 2.24) is 0 Å². The summed E-state index contributed by atoms with van der Waals surface area (Å²) < 4.78 is 0. The molecule has 0 saturated heterocycles. The second-order valence-electron chi connectivity index (χ2n) is 6.24. The van der Waals surface area contributed by atoms with Gasteiger partial charge in [0.2, 0.25) is 0 Å². The number of nitrogens with two attached hydrogens (primary N) is 1. The molecule has 1 aromatic heterocycles. The maximum Gasteiger partial charge on any atom is 0.256 e. The number of thiophene rings is 1. The Bertz CT molecular complexity index is 779. The van der Waals surface area contributed by atoms with Crippen LogP contribution < -0.4 is 11.1 Å². The highest BCUT2D eigenvalue weighted by atomic mass is 32.1. The Kier molecular flexibility index (Phi) is 4.22. The zero-order valence-electron chi connectivity index (χ0n) is 13.3. The molecule has 0 bridgehead atoms. The number of aryl methyl sites for hydroxylation is 1. The van der Waals surface area contributed by atoms with Gasteiger partial charge in [0.15, 0.2) is 0 Å². The largest absolute Gasteiger partial charge is 0.365 e. The predicted octanol–water partition coefficient (Wildman–Crippen LogP) is 3.53. The summed E-state index contributed by atoms with van der Waals surface area (Å²) in [6.07, 6.45) is 2.85. The molecule has 0 spiro atoms. The highest BCUT2D eigenvalue weighted by Crippen LogP contribution is 2.39. The summed E-state index contributed by atoms with van der Waals surface area (Å²) in [6, 6.07) is 7.38. The number of carbonyl (C=O) groups excluding carboxylic acids is 2. The first kappa shape index (κ1) is 15.7. The smallest absolute Gasteiger partial charge is 0.256 e. The molecule has 2 aromatic rings. The number of primary amides is 1. The molecule has 1 atom stereocenters. The molecule has 1 aliphatic carbocycles. The molecule has 1 aromatic carbocycles. The number of amides is 2. The number of nitrogens with one attached hydrogen (secondary N) is 1. The number of hydrogen-bond donors (Lipinski definition) is 2. The fraction of sp³-hybridized carbons (Fsp3) is 0.333. The highest BCUT2D eigenvalue weighted by Gasteiger charge is 2.27. The Hall–Kier alpha value is -2.14. The average molecular weight is 328 g/mol. The summed E-state index contributed by atoms with van der Waals surface area (Å²) in [5.74, 6) is -0.0679. The monoisotopic (exact) mass is 328 g/mol. The predicted molar refractivity (Wildman–Crippen MR) is 93.2 cm³/mol. The zero-order chi connectivity index (χ0) is 16.6.